The molecular weight excluding hydrogens is 253 g/mol. The molecule has 0 aromatic heterocycles. The van der Waals surface area contributed by atoms with Gasteiger partial charge >= 0.3 is 0 Å². The molecular formula is C14H19ClFNO. The van der Waals surface area contributed by atoms with Crippen LogP contribution in [0.3, 0.4) is 0 Å². The van der Waals surface area contributed by atoms with Crippen LogP contribution in [0.25, 0.3) is 0 Å². The molecule has 1 N–H and O–H groups in total. The summed E-state index contributed by atoms with van der Waals surface area (Å²) in [6.07, 6.45) is 4.46. The maximum Gasteiger partial charge on any atom is 0.142 e. The first-order valence-electron chi connectivity index (χ1n) is 6.49. The van der Waals surface area contributed by atoms with Gasteiger partial charge in [-0.2, -0.15) is 0 Å². The van der Waals surface area contributed by atoms with Crippen molar-refractivity contribution in [2.24, 2.45) is 0 Å². The highest BCUT2D eigenvalue weighted by molar-refractivity contribution is 6.30. The Hall–Kier alpha value is -0.640. The van der Waals surface area contributed by atoms with Gasteiger partial charge in [0.1, 0.15) is 5.82 Å². The van der Waals surface area contributed by atoms with E-state index in [2.05, 4.69) is 4.90 Å². The van der Waals surface area contributed by atoms with Crippen LogP contribution in [-0.2, 0) is 6.54 Å². The molecule has 0 saturated heterocycles. The fourth-order valence-electron chi connectivity index (χ4n) is 2.29. The van der Waals surface area contributed by atoms with E-state index in [0.29, 0.717) is 6.04 Å². The Kier molecular flexibility index (Phi) is 4.98. The van der Waals surface area contributed by atoms with Gasteiger partial charge in [0.15, 0.2) is 0 Å². The van der Waals surface area contributed by atoms with Crippen molar-refractivity contribution in [3.05, 3.63) is 34.6 Å². The van der Waals surface area contributed by atoms with Crippen LogP contribution in [0.1, 0.15) is 31.2 Å². The lowest BCUT2D eigenvalue weighted by molar-refractivity contribution is 0.109. The minimum absolute atomic E-state index is 0.171. The van der Waals surface area contributed by atoms with Crippen LogP contribution in [0.5, 0.6) is 0 Å². The summed E-state index contributed by atoms with van der Waals surface area (Å²) in [4.78, 5) is 2.34. The maximum atomic E-state index is 13.4. The monoisotopic (exact) mass is 271 g/mol. The van der Waals surface area contributed by atoms with Crippen LogP contribution in [0.2, 0.25) is 5.02 Å². The highest BCUT2D eigenvalue weighted by Gasteiger charge is 2.24. The SMILES string of the molecule is OCCCN(Cc1ccc(Cl)c(F)c1)C1CCC1. The minimum Gasteiger partial charge on any atom is -0.396 e. The van der Waals surface area contributed by atoms with E-state index in [9.17, 15) is 4.39 Å². The summed E-state index contributed by atoms with van der Waals surface area (Å²) in [5.41, 5.74) is 0.946. The second-order valence-electron chi connectivity index (χ2n) is 4.88. The van der Waals surface area contributed by atoms with Gasteiger partial charge in [0.05, 0.1) is 5.02 Å². The van der Waals surface area contributed by atoms with Gasteiger partial charge in [-0.15, -0.1) is 0 Å². The molecule has 1 aromatic rings. The summed E-state index contributed by atoms with van der Waals surface area (Å²) in [5, 5.41) is 9.10. The topological polar surface area (TPSA) is 23.5 Å². The van der Waals surface area contributed by atoms with E-state index in [1.165, 1.54) is 25.3 Å². The van der Waals surface area contributed by atoms with Crippen LogP contribution >= 0.6 is 11.6 Å². The van der Waals surface area contributed by atoms with E-state index in [-0.39, 0.29) is 17.4 Å². The third-order valence-electron chi connectivity index (χ3n) is 3.56. The average Bonchev–Trinajstić information content (AvgIpc) is 2.28. The number of hydrogen-bond donors (Lipinski definition) is 1. The maximum absolute atomic E-state index is 13.4. The minimum atomic E-state index is -0.357. The number of nitrogens with zero attached hydrogens (tertiary/aromatic N) is 1. The molecule has 0 unspecified atom stereocenters. The molecule has 1 aliphatic carbocycles. The van der Waals surface area contributed by atoms with Gasteiger partial charge in [0.2, 0.25) is 0 Å². The lowest BCUT2D eigenvalue weighted by Gasteiger charge is -2.37. The van der Waals surface area contributed by atoms with E-state index in [0.717, 1.165) is 25.1 Å². The van der Waals surface area contributed by atoms with Crippen molar-refractivity contribution in [1.29, 1.82) is 0 Å². The second-order valence-corrected chi connectivity index (χ2v) is 5.29. The van der Waals surface area contributed by atoms with Crippen molar-refractivity contribution in [3.63, 3.8) is 0 Å². The highest BCUT2D eigenvalue weighted by atomic mass is 35.5. The van der Waals surface area contributed by atoms with Crippen LogP contribution in [0, 0.1) is 5.82 Å². The summed E-state index contributed by atoms with van der Waals surface area (Å²) in [7, 11) is 0. The second kappa shape index (κ2) is 6.50. The summed E-state index contributed by atoms with van der Waals surface area (Å²) < 4.78 is 13.4. The Labute approximate surface area is 112 Å². The first-order valence-corrected chi connectivity index (χ1v) is 6.87. The molecule has 0 amide bonds. The van der Waals surface area contributed by atoms with Crippen LogP contribution in [0.4, 0.5) is 4.39 Å². The molecule has 100 valence electrons. The molecule has 1 saturated carbocycles. The summed E-state index contributed by atoms with van der Waals surface area (Å²) >= 11 is 5.68. The molecule has 0 aliphatic heterocycles. The number of aliphatic hydroxyl groups is 1. The zero-order valence-electron chi connectivity index (χ0n) is 10.4. The number of hydrogen-bond acceptors (Lipinski definition) is 2. The van der Waals surface area contributed by atoms with Crippen LogP contribution in [-0.4, -0.2) is 29.2 Å². The van der Waals surface area contributed by atoms with Crippen LogP contribution in [0.15, 0.2) is 18.2 Å². The quantitative estimate of drug-likeness (QED) is 0.859. The van der Waals surface area contributed by atoms with E-state index < -0.39 is 0 Å². The first-order chi connectivity index (χ1) is 8.70. The van der Waals surface area contributed by atoms with E-state index >= 15 is 0 Å². The van der Waals surface area contributed by atoms with Gasteiger partial charge in [0, 0.05) is 25.7 Å². The Balaban J connectivity index is 1.99. The van der Waals surface area contributed by atoms with Gasteiger partial charge in [0.25, 0.3) is 0 Å². The molecule has 2 nitrogen and oxygen atoms in total. The Morgan fingerprint density at radius 1 is 1.39 bits per heavy atom. The summed E-state index contributed by atoms with van der Waals surface area (Å²) in [5.74, 6) is -0.357. The van der Waals surface area contributed by atoms with Crippen LogP contribution < -0.4 is 0 Å². The largest absolute Gasteiger partial charge is 0.396 e. The van der Waals surface area contributed by atoms with Crippen molar-refractivity contribution in [3.8, 4) is 0 Å². The summed E-state index contributed by atoms with van der Waals surface area (Å²) in [6, 6.07) is 5.58. The smallest absolute Gasteiger partial charge is 0.142 e. The molecule has 1 fully saturated rings. The molecule has 2 rings (SSSR count). The van der Waals surface area contributed by atoms with Gasteiger partial charge in [-0.05, 0) is 37.0 Å². The Morgan fingerprint density at radius 2 is 2.17 bits per heavy atom. The number of rotatable bonds is 6. The van der Waals surface area contributed by atoms with Gasteiger partial charge in [-0.1, -0.05) is 24.1 Å². The number of aliphatic hydroxyl groups excluding tert-OH is 1. The Bertz CT molecular complexity index is 395. The normalized spacial score (nSPS) is 16.0. The molecule has 0 heterocycles. The number of halogens is 2. The van der Waals surface area contributed by atoms with E-state index in [1.54, 1.807) is 6.07 Å². The van der Waals surface area contributed by atoms with Gasteiger partial charge in [-0.25, -0.2) is 4.39 Å². The average molecular weight is 272 g/mol. The van der Waals surface area contributed by atoms with Crippen molar-refractivity contribution in [1.82, 2.24) is 4.90 Å². The third kappa shape index (κ3) is 3.44. The molecule has 0 radical (unpaired) electrons. The highest BCUT2D eigenvalue weighted by Crippen LogP contribution is 2.27. The van der Waals surface area contributed by atoms with Crippen molar-refractivity contribution in [2.45, 2.75) is 38.3 Å². The molecule has 4 heteroatoms. The zero-order chi connectivity index (χ0) is 13.0. The molecule has 1 aromatic carbocycles. The predicted octanol–water partition coefficient (Wildman–Crippen LogP) is 3.22. The van der Waals surface area contributed by atoms with Gasteiger partial charge < -0.3 is 5.11 Å². The Morgan fingerprint density at radius 3 is 2.72 bits per heavy atom. The first kappa shape index (κ1) is 13.8. The van der Waals surface area contributed by atoms with Crippen molar-refractivity contribution < 1.29 is 9.50 Å². The molecule has 18 heavy (non-hydrogen) atoms. The third-order valence-corrected chi connectivity index (χ3v) is 3.87. The lowest BCUT2D eigenvalue weighted by atomic mass is 9.91. The fraction of sp³-hybridized carbons (Fsp3) is 0.571. The molecule has 1 aliphatic rings. The molecule has 0 bridgehead atoms. The van der Waals surface area contributed by atoms with Crippen molar-refractivity contribution >= 4 is 11.6 Å². The van der Waals surface area contributed by atoms with E-state index in [4.69, 9.17) is 16.7 Å². The molecule has 0 spiro atoms. The predicted molar refractivity (Wildman–Crippen MR) is 71.2 cm³/mol. The molecule has 0 atom stereocenters. The summed E-state index contributed by atoms with van der Waals surface area (Å²) in [6.45, 7) is 1.81. The zero-order valence-corrected chi connectivity index (χ0v) is 11.2. The fourth-order valence-corrected chi connectivity index (χ4v) is 2.41. The lowest BCUT2D eigenvalue weighted by Crippen LogP contribution is -2.40. The standard InChI is InChI=1S/C14H19ClFNO/c15-13-6-5-11(9-14(13)16)10-17(7-2-8-18)12-3-1-4-12/h5-6,9,12,18H,1-4,7-8,10H2. The van der Waals surface area contributed by atoms with Gasteiger partial charge in [-0.3, -0.25) is 4.90 Å². The number of benzene rings is 1. The van der Waals surface area contributed by atoms with E-state index in [1.807, 2.05) is 6.07 Å². The van der Waals surface area contributed by atoms with Crippen molar-refractivity contribution in [2.75, 3.05) is 13.2 Å².